The van der Waals surface area contributed by atoms with Gasteiger partial charge in [-0.25, -0.2) is 0 Å². The predicted octanol–water partition coefficient (Wildman–Crippen LogP) is 10.8. The van der Waals surface area contributed by atoms with Crippen LogP contribution in [-0.2, 0) is 0 Å². The number of benzene rings is 8. The summed E-state index contributed by atoms with van der Waals surface area (Å²) in [4.78, 5) is 0. The van der Waals surface area contributed by atoms with Gasteiger partial charge in [0.25, 0.3) is 0 Å². The van der Waals surface area contributed by atoms with Gasteiger partial charge in [-0.3, -0.25) is 0 Å². The Morgan fingerprint density at radius 3 is 1.42 bits per heavy atom. The molecule has 0 heterocycles. The summed E-state index contributed by atoms with van der Waals surface area (Å²) in [7, 11) is 0. The Labute approximate surface area is 253 Å². The maximum Gasteiger partial charge on any atom is 0.0636 e. The number of rotatable bonds is 2. The first-order valence-electron chi connectivity index (χ1n) is 22.8. The van der Waals surface area contributed by atoms with E-state index < -0.39 is 199 Å². The molecule has 0 aliphatic carbocycles. The number of fused-ring (bicyclic) bond motifs is 6. The van der Waals surface area contributed by atoms with E-state index in [0.29, 0.717) is 0 Å². The second-order valence-electron chi connectivity index (χ2n) is 8.33. The van der Waals surface area contributed by atoms with E-state index >= 15 is 0 Å². The van der Waals surface area contributed by atoms with Crippen LogP contribution in [0.3, 0.4) is 0 Å². The van der Waals surface area contributed by atoms with Crippen LogP contribution in [0.1, 0.15) is 31.5 Å². The molecule has 0 aliphatic heterocycles. The molecule has 0 radical (unpaired) electrons. The van der Waals surface area contributed by atoms with Crippen LogP contribution >= 0.6 is 0 Å². The molecular formula is C38H24. The summed E-state index contributed by atoms with van der Waals surface area (Å²) in [5, 5.41) is -5.07. The summed E-state index contributed by atoms with van der Waals surface area (Å²) in [6, 6.07) is -17.7. The highest BCUT2D eigenvalue weighted by atomic mass is 14.2. The maximum absolute atomic E-state index is 9.68. The van der Waals surface area contributed by atoms with Crippen LogP contribution in [-0.4, -0.2) is 0 Å². The standard InChI is InChI=1S/C38H24/c1-2-11-28-23-29(21-17-25(28)9-1)37-32-13-5-7-15-34(32)38(35-16-8-6-14-33(35)37)30-22-20-27-19-18-26-10-3-4-12-31(26)36(27)24-30/h1-24H/i1D,2D,3D,4D,5D,6D,7D,8D,9D,10D,11D,13D,14D,15D,16D,17D,18D,19D,20D,21D,22D,23D,24D. The van der Waals surface area contributed by atoms with Crippen molar-refractivity contribution >= 4 is 53.9 Å². The van der Waals surface area contributed by atoms with Crippen molar-refractivity contribution in [2.24, 2.45) is 0 Å². The zero-order chi connectivity index (χ0) is 45.1. The topological polar surface area (TPSA) is 0 Å². The third-order valence-electron chi connectivity index (χ3n) is 6.26. The van der Waals surface area contributed by atoms with Crippen molar-refractivity contribution in [3.8, 4) is 22.3 Å². The van der Waals surface area contributed by atoms with Crippen molar-refractivity contribution < 1.29 is 31.5 Å². The van der Waals surface area contributed by atoms with Crippen LogP contribution < -0.4 is 0 Å². The Morgan fingerprint density at radius 1 is 0.316 bits per heavy atom. The van der Waals surface area contributed by atoms with Crippen LogP contribution in [0.15, 0.2) is 145 Å². The van der Waals surface area contributed by atoms with Gasteiger partial charge in [0, 0.05) is 0 Å². The average Bonchev–Trinajstić information content (AvgIpc) is 3.22. The summed E-state index contributed by atoms with van der Waals surface area (Å²) in [5.74, 6) is 0. The Kier molecular flexibility index (Phi) is 1.87. The third kappa shape index (κ3) is 3.17. The maximum atomic E-state index is 9.68. The van der Waals surface area contributed by atoms with E-state index in [2.05, 4.69) is 0 Å². The second kappa shape index (κ2) is 8.30. The molecule has 0 saturated heterocycles. The highest BCUT2D eigenvalue weighted by molar-refractivity contribution is 6.22. The van der Waals surface area contributed by atoms with E-state index in [4.69, 9.17) is 20.6 Å². The highest BCUT2D eigenvalue weighted by Gasteiger charge is 2.17. The van der Waals surface area contributed by atoms with Crippen LogP contribution in [0.4, 0.5) is 0 Å². The molecular weight excluding hydrogens is 456 g/mol. The predicted molar refractivity (Wildman–Crippen MR) is 165 cm³/mol. The number of hydrogen-bond acceptors (Lipinski definition) is 0. The summed E-state index contributed by atoms with van der Waals surface area (Å²) in [6.07, 6.45) is 0. The zero-order valence-corrected chi connectivity index (χ0v) is 19.1. The lowest BCUT2D eigenvalue weighted by Crippen LogP contribution is -1.91. The molecule has 0 atom stereocenters. The van der Waals surface area contributed by atoms with Crippen LogP contribution in [0.25, 0.3) is 76.1 Å². The minimum atomic E-state index is -0.918. The van der Waals surface area contributed by atoms with Crippen molar-refractivity contribution in [3.05, 3.63) is 145 Å². The van der Waals surface area contributed by atoms with Crippen molar-refractivity contribution in [3.63, 3.8) is 0 Å². The Balaban J connectivity index is 1.77. The highest BCUT2D eigenvalue weighted by Crippen LogP contribution is 2.44. The van der Waals surface area contributed by atoms with Gasteiger partial charge in [0.05, 0.1) is 31.5 Å². The first-order valence-corrected chi connectivity index (χ1v) is 11.3. The van der Waals surface area contributed by atoms with Gasteiger partial charge in [0.15, 0.2) is 0 Å². The van der Waals surface area contributed by atoms with Crippen molar-refractivity contribution in [1.29, 1.82) is 0 Å². The largest absolute Gasteiger partial charge is 0.0636 e. The molecule has 0 bridgehead atoms. The summed E-state index contributed by atoms with van der Waals surface area (Å²) >= 11 is 0. The van der Waals surface area contributed by atoms with Crippen LogP contribution in [0, 0.1) is 0 Å². The van der Waals surface area contributed by atoms with Gasteiger partial charge in [-0.05, 0) is 88.2 Å². The Bertz CT molecular complexity index is 3360. The lowest BCUT2D eigenvalue weighted by atomic mass is 9.85. The number of hydrogen-bond donors (Lipinski definition) is 0. The van der Waals surface area contributed by atoms with E-state index in [-0.39, 0.29) is 16.2 Å². The molecule has 0 aromatic heterocycles. The molecule has 0 unspecified atom stereocenters. The molecule has 8 rings (SSSR count). The zero-order valence-electron chi connectivity index (χ0n) is 42.1. The van der Waals surface area contributed by atoms with Gasteiger partial charge >= 0.3 is 0 Å². The molecule has 0 heteroatoms. The van der Waals surface area contributed by atoms with E-state index in [9.17, 15) is 11.0 Å². The lowest BCUT2D eigenvalue weighted by Gasteiger charge is -2.18. The van der Waals surface area contributed by atoms with Gasteiger partial charge in [-0.2, -0.15) is 0 Å². The molecule has 176 valence electrons. The second-order valence-corrected chi connectivity index (χ2v) is 8.33. The Morgan fingerprint density at radius 2 is 0.763 bits per heavy atom. The van der Waals surface area contributed by atoms with Crippen molar-refractivity contribution in [2.45, 2.75) is 0 Å². The fourth-order valence-corrected chi connectivity index (χ4v) is 4.63. The summed E-state index contributed by atoms with van der Waals surface area (Å²) in [6.45, 7) is 0. The normalized spacial score (nSPS) is 20.2. The fraction of sp³-hybridized carbons (Fsp3) is 0. The van der Waals surface area contributed by atoms with Gasteiger partial charge in [0.2, 0.25) is 0 Å². The van der Waals surface area contributed by atoms with Crippen molar-refractivity contribution in [2.75, 3.05) is 0 Å². The molecule has 0 amide bonds. The third-order valence-corrected chi connectivity index (χ3v) is 6.26. The molecule has 8 aromatic rings. The van der Waals surface area contributed by atoms with Gasteiger partial charge < -0.3 is 0 Å². The van der Waals surface area contributed by atoms with E-state index in [0.717, 1.165) is 6.07 Å². The first-order chi connectivity index (χ1) is 28.4. The van der Waals surface area contributed by atoms with Gasteiger partial charge in [-0.1, -0.05) is 133 Å². The first kappa shape index (κ1) is 8.55. The molecule has 38 heavy (non-hydrogen) atoms. The molecule has 0 fully saturated rings. The van der Waals surface area contributed by atoms with Crippen molar-refractivity contribution in [1.82, 2.24) is 0 Å². The smallest absolute Gasteiger partial charge is 0.0616 e. The minimum absolute atomic E-state index is 0.225. The molecule has 0 saturated carbocycles. The van der Waals surface area contributed by atoms with E-state index in [1.165, 1.54) is 0 Å². The van der Waals surface area contributed by atoms with Crippen LogP contribution in [0.5, 0.6) is 0 Å². The quantitative estimate of drug-likeness (QED) is 0.162. The Hall–Kier alpha value is -4.94. The summed E-state index contributed by atoms with van der Waals surface area (Å²) < 4.78 is 204. The van der Waals surface area contributed by atoms with Crippen LogP contribution in [0.2, 0.25) is 0 Å². The van der Waals surface area contributed by atoms with E-state index in [1.807, 2.05) is 0 Å². The molecule has 8 aromatic carbocycles. The monoisotopic (exact) mass is 503 g/mol. The fourth-order valence-electron chi connectivity index (χ4n) is 4.63. The molecule has 0 aliphatic rings. The molecule has 0 nitrogen and oxygen atoms in total. The molecule has 0 spiro atoms. The van der Waals surface area contributed by atoms with Gasteiger partial charge in [0.1, 0.15) is 0 Å². The molecule has 0 N–H and O–H groups in total. The lowest BCUT2D eigenvalue weighted by molar-refractivity contribution is 1.68. The summed E-state index contributed by atoms with van der Waals surface area (Å²) in [5.41, 5.74) is -2.63. The SMILES string of the molecule is [2H]c1cc2c(c([2H])c1[2H])c([2H])c([2H])c1c([2H])c([2H])c(-c3c4c([2H])c([2H])c([2H])c([2H])c4c(-c4c([2H])c([2H])c5c([2H])c([2H])c([2H])c([2H])c5c4[2H])c4c([2H])c([2H])c([2H])c([2H])c34)c([2H])c12. The average molecular weight is 504 g/mol. The minimum Gasteiger partial charge on any atom is -0.0616 e. The van der Waals surface area contributed by atoms with E-state index in [1.54, 1.807) is 0 Å². The van der Waals surface area contributed by atoms with Gasteiger partial charge in [-0.15, -0.1) is 0 Å².